The predicted molar refractivity (Wildman–Crippen MR) is 44.2 cm³/mol. The van der Waals surface area contributed by atoms with Crippen molar-refractivity contribution in [1.29, 1.82) is 0 Å². The Balaban J connectivity index is 2.95. The van der Waals surface area contributed by atoms with Gasteiger partial charge in [-0.15, -0.1) is 0 Å². The van der Waals surface area contributed by atoms with Crippen molar-refractivity contribution in [2.24, 2.45) is 3.95 Å². The minimum absolute atomic E-state index is 0.0225. The van der Waals surface area contributed by atoms with Crippen LogP contribution in [0.1, 0.15) is 32.1 Å². The second-order valence-electron chi connectivity index (χ2n) is 2.58. The molecule has 0 saturated carbocycles. The van der Waals surface area contributed by atoms with E-state index in [9.17, 15) is 4.79 Å². The number of alkyl halides is 1. The molecule has 0 aromatic heterocycles. The number of ether oxygens (including phenoxy) is 1. The van der Waals surface area contributed by atoms with E-state index >= 15 is 0 Å². The Bertz CT molecular complexity index is 120. The minimum atomic E-state index is -0.0961. The Morgan fingerprint density at radius 3 is 2.58 bits per heavy atom. The number of methoxy groups -OCH3 is 1. The number of unbranched alkanes of at least 4 members (excludes halogenated alkanes) is 3. The summed E-state index contributed by atoms with van der Waals surface area (Å²) >= 11 is -0.0225. The summed E-state index contributed by atoms with van der Waals surface area (Å²) in [6.07, 6.45) is 5.07. The first-order valence-electron chi connectivity index (χ1n) is 4.16. The molecule has 0 bridgehead atoms. The number of carbonyl (C=O) groups is 1. The molecule has 4 heteroatoms. The molecule has 0 spiro atoms. The van der Waals surface area contributed by atoms with Crippen LogP contribution >= 0.6 is 0 Å². The molecule has 0 amide bonds. The second-order valence-corrected chi connectivity index (χ2v) is 4.54. The molecule has 2 N–H and O–H groups in total. The fourth-order valence-electron chi connectivity index (χ4n) is 0.897. The molecular formula is C8H17INO2-. The average molecular weight is 286 g/mol. The molecule has 74 valence electrons. The number of hydrogen-bond acceptors (Lipinski definition) is 3. The molecule has 12 heavy (non-hydrogen) atoms. The fourth-order valence-corrected chi connectivity index (χ4v) is 1.88. The number of carbonyl (C=O) groups excluding carboxylic acids is 1. The number of halogens is 1. The maximum absolute atomic E-state index is 10.7. The van der Waals surface area contributed by atoms with Gasteiger partial charge in [0.25, 0.3) is 0 Å². The van der Waals surface area contributed by atoms with Crippen molar-refractivity contribution in [2.75, 3.05) is 11.5 Å². The zero-order valence-electron chi connectivity index (χ0n) is 7.51. The summed E-state index contributed by atoms with van der Waals surface area (Å²) in [6, 6.07) is 0. The average Bonchev–Trinajstić information content (AvgIpc) is 2.10. The van der Waals surface area contributed by atoms with Crippen LogP contribution in [0.5, 0.6) is 0 Å². The first-order chi connectivity index (χ1) is 5.81. The van der Waals surface area contributed by atoms with Crippen LogP contribution in [-0.2, 0) is 9.53 Å². The molecule has 0 aliphatic carbocycles. The van der Waals surface area contributed by atoms with Crippen molar-refractivity contribution >= 4 is 5.97 Å². The van der Waals surface area contributed by atoms with Crippen LogP contribution in [-0.4, -0.2) is 17.5 Å². The standard InChI is InChI=1S/C8H17INO2/c1-12-8(11)6-4-2-3-5-7-9-10/h2-7,10H2,1H3/q-1. The van der Waals surface area contributed by atoms with Gasteiger partial charge in [-0.2, -0.15) is 0 Å². The van der Waals surface area contributed by atoms with Gasteiger partial charge in [-0.3, -0.25) is 0 Å². The fraction of sp³-hybridized carbons (Fsp3) is 0.875. The molecule has 0 aliphatic heterocycles. The molecule has 0 heterocycles. The van der Waals surface area contributed by atoms with Crippen molar-refractivity contribution in [3.63, 3.8) is 0 Å². The van der Waals surface area contributed by atoms with E-state index in [-0.39, 0.29) is 27.4 Å². The van der Waals surface area contributed by atoms with E-state index in [1.807, 2.05) is 0 Å². The van der Waals surface area contributed by atoms with Crippen LogP contribution in [0.25, 0.3) is 0 Å². The molecule has 0 saturated heterocycles. The van der Waals surface area contributed by atoms with Crippen molar-refractivity contribution in [3.05, 3.63) is 0 Å². The van der Waals surface area contributed by atoms with Gasteiger partial charge in [-0.25, -0.2) is 0 Å². The van der Waals surface area contributed by atoms with E-state index in [1.54, 1.807) is 0 Å². The van der Waals surface area contributed by atoms with Gasteiger partial charge in [0.2, 0.25) is 0 Å². The van der Waals surface area contributed by atoms with Gasteiger partial charge in [0, 0.05) is 0 Å². The monoisotopic (exact) mass is 286 g/mol. The van der Waals surface area contributed by atoms with Crippen molar-refractivity contribution in [3.8, 4) is 0 Å². The molecule has 0 fully saturated rings. The zero-order valence-corrected chi connectivity index (χ0v) is 9.67. The molecule has 0 aromatic rings. The topological polar surface area (TPSA) is 52.3 Å². The van der Waals surface area contributed by atoms with Crippen molar-refractivity contribution in [2.45, 2.75) is 32.1 Å². The quantitative estimate of drug-likeness (QED) is 0.195. The summed E-state index contributed by atoms with van der Waals surface area (Å²) in [7, 11) is 1.43. The Hall–Kier alpha value is 0.160. The van der Waals surface area contributed by atoms with Crippen LogP contribution in [0.3, 0.4) is 0 Å². The van der Waals surface area contributed by atoms with Gasteiger partial charge in [0.05, 0.1) is 0 Å². The van der Waals surface area contributed by atoms with E-state index in [0.29, 0.717) is 6.42 Å². The summed E-state index contributed by atoms with van der Waals surface area (Å²) in [5.74, 6) is -0.0961. The summed E-state index contributed by atoms with van der Waals surface area (Å²) in [6.45, 7) is 0. The van der Waals surface area contributed by atoms with Gasteiger partial charge in [-0.1, -0.05) is 0 Å². The van der Waals surface area contributed by atoms with Gasteiger partial charge in [0.1, 0.15) is 0 Å². The summed E-state index contributed by atoms with van der Waals surface area (Å²) < 4.78 is 11.2. The third kappa shape index (κ3) is 8.26. The summed E-state index contributed by atoms with van der Waals surface area (Å²) in [5.41, 5.74) is 0. The number of esters is 1. The van der Waals surface area contributed by atoms with Gasteiger partial charge in [-0.05, 0) is 0 Å². The van der Waals surface area contributed by atoms with E-state index in [2.05, 4.69) is 4.74 Å². The number of rotatable bonds is 7. The van der Waals surface area contributed by atoms with E-state index in [4.69, 9.17) is 3.95 Å². The van der Waals surface area contributed by atoms with Gasteiger partial charge < -0.3 is 0 Å². The first-order valence-corrected chi connectivity index (χ1v) is 6.93. The third-order valence-electron chi connectivity index (χ3n) is 1.60. The third-order valence-corrected chi connectivity index (χ3v) is 2.99. The van der Waals surface area contributed by atoms with E-state index < -0.39 is 0 Å². The molecule has 0 rings (SSSR count). The zero-order chi connectivity index (χ0) is 9.23. The molecule has 0 radical (unpaired) electrons. The first kappa shape index (κ1) is 12.2. The van der Waals surface area contributed by atoms with Crippen LogP contribution in [0.4, 0.5) is 0 Å². The maximum atomic E-state index is 10.7. The number of hydrogen-bond donors (Lipinski definition) is 1. The second kappa shape index (κ2) is 9.25. The van der Waals surface area contributed by atoms with Crippen LogP contribution < -0.4 is 25.4 Å². The number of nitrogens with two attached hydrogens (primary N) is 1. The normalized spacial score (nSPS) is 10.2. The molecule has 0 aliphatic rings. The molecular weight excluding hydrogens is 269 g/mol. The summed E-state index contributed by atoms with van der Waals surface area (Å²) in [4.78, 5) is 10.7. The SMILES string of the molecule is COC(=O)CCCCCC[I-]N. The molecule has 3 nitrogen and oxygen atoms in total. The van der Waals surface area contributed by atoms with Crippen molar-refractivity contribution in [1.82, 2.24) is 0 Å². The Morgan fingerprint density at radius 1 is 1.33 bits per heavy atom. The molecule has 0 atom stereocenters. The Labute approximate surface area is 84.7 Å². The van der Waals surface area contributed by atoms with Crippen molar-refractivity contribution < 1.29 is 31.0 Å². The Morgan fingerprint density at radius 2 is 2.00 bits per heavy atom. The molecule has 0 unspecified atom stereocenters. The summed E-state index contributed by atoms with van der Waals surface area (Å²) in [5, 5.41) is 0. The van der Waals surface area contributed by atoms with Crippen LogP contribution in [0.2, 0.25) is 0 Å². The van der Waals surface area contributed by atoms with Gasteiger partial charge >= 0.3 is 84.6 Å². The van der Waals surface area contributed by atoms with Crippen LogP contribution in [0.15, 0.2) is 0 Å². The predicted octanol–water partition coefficient (Wildman–Crippen LogP) is -1.93. The van der Waals surface area contributed by atoms with Crippen LogP contribution in [0, 0.1) is 0 Å². The van der Waals surface area contributed by atoms with Gasteiger partial charge in [0.15, 0.2) is 0 Å². The van der Waals surface area contributed by atoms with E-state index in [1.165, 1.54) is 24.4 Å². The van der Waals surface area contributed by atoms with E-state index in [0.717, 1.165) is 12.8 Å². The Kier molecular flexibility index (Phi) is 9.37. The molecule has 0 aromatic carbocycles.